The van der Waals surface area contributed by atoms with Crippen molar-refractivity contribution in [2.75, 3.05) is 0 Å². The molecule has 3 heteroatoms. The van der Waals surface area contributed by atoms with Crippen LogP contribution in [0.25, 0.3) is 22.2 Å². The molecule has 0 spiro atoms. The minimum Gasteiger partial charge on any atom is -0.305 e. The van der Waals surface area contributed by atoms with Crippen molar-refractivity contribution >= 4 is 10.9 Å². The van der Waals surface area contributed by atoms with Crippen LogP contribution in [-0.2, 0) is 0 Å². The SMILES string of the molecule is CC(C)c1ccc(-c2nc(=O)[nH]c3ccccc23)cc1. The van der Waals surface area contributed by atoms with E-state index in [-0.39, 0.29) is 5.69 Å². The number of fused-ring (bicyclic) bond motifs is 1. The van der Waals surface area contributed by atoms with Crippen molar-refractivity contribution in [2.45, 2.75) is 19.8 Å². The average molecular weight is 264 g/mol. The standard InChI is InChI=1S/C17H16N2O/c1-11(2)12-7-9-13(10-8-12)16-14-5-3-4-6-15(14)18-17(20)19-16/h3-11H,1-2H3,(H,18,19,20). The van der Waals surface area contributed by atoms with Gasteiger partial charge in [-0.05, 0) is 17.5 Å². The molecule has 1 N–H and O–H groups in total. The molecule has 0 saturated carbocycles. The molecular formula is C17H16N2O. The number of hydrogen-bond acceptors (Lipinski definition) is 2. The summed E-state index contributed by atoms with van der Waals surface area (Å²) in [6, 6.07) is 16.0. The minimum atomic E-state index is -0.313. The van der Waals surface area contributed by atoms with Crippen LogP contribution in [0.5, 0.6) is 0 Å². The zero-order valence-corrected chi connectivity index (χ0v) is 11.6. The molecule has 0 aliphatic rings. The van der Waals surface area contributed by atoms with E-state index in [1.165, 1.54) is 5.56 Å². The van der Waals surface area contributed by atoms with E-state index in [4.69, 9.17) is 0 Å². The predicted molar refractivity (Wildman–Crippen MR) is 81.9 cm³/mol. The summed E-state index contributed by atoms with van der Waals surface area (Å²) in [6.07, 6.45) is 0. The third-order valence-electron chi connectivity index (χ3n) is 3.49. The van der Waals surface area contributed by atoms with Gasteiger partial charge in [-0.2, -0.15) is 4.98 Å². The lowest BCUT2D eigenvalue weighted by Crippen LogP contribution is -2.11. The van der Waals surface area contributed by atoms with Gasteiger partial charge in [-0.1, -0.05) is 56.3 Å². The molecule has 0 aliphatic carbocycles. The number of nitrogens with one attached hydrogen (secondary N) is 1. The molecule has 100 valence electrons. The summed E-state index contributed by atoms with van der Waals surface area (Å²) in [4.78, 5) is 18.6. The molecule has 3 nitrogen and oxygen atoms in total. The minimum absolute atomic E-state index is 0.313. The molecule has 0 amide bonds. The lowest BCUT2D eigenvalue weighted by molar-refractivity contribution is 0.867. The van der Waals surface area contributed by atoms with E-state index in [0.717, 1.165) is 22.2 Å². The van der Waals surface area contributed by atoms with E-state index in [1.807, 2.05) is 36.4 Å². The number of hydrogen-bond donors (Lipinski definition) is 1. The van der Waals surface area contributed by atoms with E-state index in [9.17, 15) is 4.79 Å². The number of nitrogens with zero attached hydrogens (tertiary/aromatic N) is 1. The summed E-state index contributed by atoms with van der Waals surface area (Å²) < 4.78 is 0. The highest BCUT2D eigenvalue weighted by atomic mass is 16.1. The molecule has 0 aliphatic heterocycles. The van der Waals surface area contributed by atoms with Gasteiger partial charge in [0.1, 0.15) is 0 Å². The molecule has 0 radical (unpaired) electrons. The van der Waals surface area contributed by atoms with Crippen LogP contribution in [0.15, 0.2) is 53.3 Å². The smallest absolute Gasteiger partial charge is 0.305 e. The fourth-order valence-electron chi connectivity index (χ4n) is 2.35. The second kappa shape index (κ2) is 4.93. The van der Waals surface area contributed by atoms with E-state index < -0.39 is 0 Å². The fourth-order valence-corrected chi connectivity index (χ4v) is 2.35. The summed E-state index contributed by atoms with van der Waals surface area (Å²) in [6.45, 7) is 4.33. The van der Waals surface area contributed by atoms with Crippen LogP contribution < -0.4 is 5.69 Å². The van der Waals surface area contributed by atoms with Gasteiger partial charge in [0.2, 0.25) is 0 Å². The number of H-pyrrole nitrogens is 1. The van der Waals surface area contributed by atoms with Crippen LogP contribution >= 0.6 is 0 Å². The van der Waals surface area contributed by atoms with Gasteiger partial charge in [-0.3, -0.25) is 0 Å². The van der Waals surface area contributed by atoms with E-state index in [2.05, 4.69) is 35.9 Å². The van der Waals surface area contributed by atoms with Crippen molar-refractivity contribution in [3.63, 3.8) is 0 Å². The quantitative estimate of drug-likeness (QED) is 0.766. The molecule has 0 atom stereocenters. The van der Waals surface area contributed by atoms with Gasteiger partial charge in [0, 0.05) is 10.9 Å². The Hall–Kier alpha value is -2.42. The highest BCUT2D eigenvalue weighted by Crippen LogP contribution is 2.25. The number of benzene rings is 2. The van der Waals surface area contributed by atoms with E-state index >= 15 is 0 Å². The molecule has 1 aromatic heterocycles. The molecule has 2 aromatic carbocycles. The summed E-state index contributed by atoms with van der Waals surface area (Å²) in [7, 11) is 0. The van der Waals surface area contributed by atoms with Crippen molar-refractivity contribution in [2.24, 2.45) is 0 Å². The van der Waals surface area contributed by atoms with Crippen LogP contribution in [0.3, 0.4) is 0 Å². The van der Waals surface area contributed by atoms with E-state index in [1.54, 1.807) is 0 Å². The van der Waals surface area contributed by atoms with Gasteiger partial charge in [0.25, 0.3) is 0 Å². The molecule has 1 heterocycles. The average Bonchev–Trinajstić information content (AvgIpc) is 2.46. The van der Waals surface area contributed by atoms with Gasteiger partial charge in [-0.15, -0.1) is 0 Å². The molecule has 0 unspecified atom stereocenters. The molecular weight excluding hydrogens is 248 g/mol. The Kier molecular flexibility index (Phi) is 3.11. The van der Waals surface area contributed by atoms with Crippen LogP contribution in [-0.4, -0.2) is 9.97 Å². The molecule has 3 rings (SSSR count). The topological polar surface area (TPSA) is 45.8 Å². The largest absolute Gasteiger partial charge is 0.345 e. The molecule has 20 heavy (non-hydrogen) atoms. The Morgan fingerprint density at radius 1 is 1.00 bits per heavy atom. The molecule has 0 saturated heterocycles. The van der Waals surface area contributed by atoms with Crippen molar-refractivity contribution < 1.29 is 0 Å². The molecule has 3 aromatic rings. The Balaban J connectivity index is 2.21. The first-order valence-corrected chi connectivity index (χ1v) is 6.74. The fraction of sp³-hybridized carbons (Fsp3) is 0.176. The summed E-state index contributed by atoms with van der Waals surface area (Å²) >= 11 is 0. The number of aromatic nitrogens is 2. The van der Waals surface area contributed by atoms with Crippen LogP contribution in [0.4, 0.5) is 0 Å². The Morgan fingerprint density at radius 3 is 2.40 bits per heavy atom. The van der Waals surface area contributed by atoms with Gasteiger partial charge in [0.15, 0.2) is 0 Å². The van der Waals surface area contributed by atoms with Gasteiger partial charge >= 0.3 is 5.69 Å². The third kappa shape index (κ3) is 2.23. The maximum absolute atomic E-state index is 11.7. The Morgan fingerprint density at radius 2 is 1.70 bits per heavy atom. The number of rotatable bonds is 2. The first kappa shape index (κ1) is 12.6. The highest BCUT2D eigenvalue weighted by Gasteiger charge is 2.07. The Bertz CT molecular complexity index is 801. The first-order chi connectivity index (χ1) is 9.65. The van der Waals surface area contributed by atoms with Crippen LogP contribution in [0.2, 0.25) is 0 Å². The Labute approximate surface area is 117 Å². The highest BCUT2D eigenvalue weighted by molar-refractivity contribution is 5.91. The summed E-state index contributed by atoms with van der Waals surface area (Å²) in [5, 5.41) is 0.962. The number of para-hydroxylation sites is 1. The normalized spacial score (nSPS) is 11.2. The van der Waals surface area contributed by atoms with Gasteiger partial charge < -0.3 is 4.98 Å². The lowest BCUT2D eigenvalue weighted by Gasteiger charge is -2.08. The monoisotopic (exact) mass is 264 g/mol. The maximum atomic E-state index is 11.7. The van der Waals surface area contributed by atoms with Gasteiger partial charge in [-0.25, -0.2) is 4.79 Å². The maximum Gasteiger partial charge on any atom is 0.345 e. The van der Waals surface area contributed by atoms with Crippen molar-refractivity contribution in [1.29, 1.82) is 0 Å². The summed E-state index contributed by atoms with van der Waals surface area (Å²) in [5.74, 6) is 0.493. The van der Waals surface area contributed by atoms with Crippen molar-refractivity contribution in [3.8, 4) is 11.3 Å². The summed E-state index contributed by atoms with van der Waals surface area (Å²) in [5.41, 5.74) is 3.49. The van der Waals surface area contributed by atoms with Crippen molar-refractivity contribution in [1.82, 2.24) is 9.97 Å². The van der Waals surface area contributed by atoms with Crippen LogP contribution in [0, 0.1) is 0 Å². The lowest BCUT2D eigenvalue weighted by atomic mass is 9.99. The van der Waals surface area contributed by atoms with Gasteiger partial charge in [0.05, 0.1) is 11.2 Å². The molecule has 0 bridgehead atoms. The zero-order chi connectivity index (χ0) is 14.1. The van der Waals surface area contributed by atoms with E-state index in [0.29, 0.717) is 5.92 Å². The first-order valence-electron chi connectivity index (χ1n) is 6.74. The zero-order valence-electron chi connectivity index (χ0n) is 11.6. The third-order valence-corrected chi connectivity index (χ3v) is 3.49. The number of aromatic amines is 1. The predicted octanol–water partition coefficient (Wildman–Crippen LogP) is 3.71. The van der Waals surface area contributed by atoms with Crippen LogP contribution in [0.1, 0.15) is 25.3 Å². The van der Waals surface area contributed by atoms with Crippen molar-refractivity contribution in [3.05, 3.63) is 64.6 Å². The second-order valence-electron chi connectivity index (χ2n) is 5.21. The second-order valence-corrected chi connectivity index (χ2v) is 5.21. The molecule has 0 fully saturated rings.